The SMILES string of the molecule is CC(C)(C)N1CC[C@H](C(=O)N2CCC(c3ccc(C(F)(F)F)cc3OCCCC(=O)O)C2)C1. The Hall–Kier alpha value is -2.29. The molecule has 0 spiro atoms. The van der Waals surface area contributed by atoms with Crippen LogP contribution in [0, 0.1) is 5.92 Å². The maximum Gasteiger partial charge on any atom is 0.416 e. The van der Waals surface area contributed by atoms with Crippen molar-refractivity contribution in [1.29, 1.82) is 0 Å². The third kappa shape index (κ3) is 6.40. The lowest BCUT2D eigenvalue weighted by molar-refractivity contribution is -0.138. The minimum atomic E-state index is -4.50. The van der Waals surface area contributed by atoms with Crippen LogP contribution < -0.4 is 4.74 Å². The van der Waals surface area contributed by atoms with Gasteiger partial charge in [0.15, 0.2) is 0 Å². The molecule has 0 saturated carbocycles. The first-order chi connectivity index (χ1) is 15.4. The third-order valence-corrected chi connectivity index (χ3v) is 6.56. The Kier molecular flexibility index (Phi) is 7.61. The zero-order valence-corrected chi connectivity index (χ0v) is 19.5. The van der Waals surface area contributed by atoms with Crippen LogP contribution in [0.15, 0.2) is 18.2 Å². The monoisotopic (exact) mass is 470 g/mol. The van der Waals surface area contributed by atoms with E-state index >= 15 is 0 Å². The Morgan fingerprint density at radius 2 is 1.85 bits per heavy atom. The van der Waals surface area contributed by atoms with Crippen LogP contribution in [-0.2, 0) is 15.8 Å². The summed E-state index contributed by atoms with van der Waals surface area (Å²) >= 11 is 0. The molecule has 1 unspecified atom stereocenters. The van der Waals surface area contributed by atoms with E-state index < -0.39 is 17.7 Å². The number of halogens is 3. The average Bonchev–Trinajstić information content (AvgIpc) is 3.39. The van der Waals surface area contributed by atoms with Crippen molar-refractivity contribution in [3.8, 4) is 5.75 Å². The second-order valence-corrected chi connectivity index (χ2v) is 9.97. The summed E-state index contributed by atoms with van der Waals surface area (Å²) in [6.45, 7) is 9.03. The molecule has 33 heavy (non-hydrogen) atoms. The summed E-state index contributed by atoms with van der Waals surface area (Å²) in [5.74, 6) is -0.924. The molecule has 1 aromatic rings. The number of carboxylic acids is 1. The zero-order chi connectivity index (χ0) is 24.4. The fraction of sp³-hybridized carbons (Fsp3) is 0.667. The van der Waals surface area contributed by atoms with Crippen molar-refractivity contribution in [2.24, 2.45) is 5.92 Å². The maximum absolute atomic E-state index is 13.2. The molecule has 6 nitrogen and oxygen atoms in total. The summed E-state index contributed by atoms with van der Waals surface area (Å²) in [7, 11) is 0. The van der Waals surface area contributed by atoms with Crippen molar-refractivity contribution in [3.05, 3.63) is 29.3 Å². The predicted octanol–water partition coefficient (Wildman–Crippen LogP) is 4.39. The molecule has 2 aliphatic heterocycles. The number of rotatable bonds is 7. The second kappa shape index (κ2) is 9.91. The molecular formula is C24H33F3N2O4. The van der Waals surface area contributed by atoms with Crippen LogP contribution in [0.25, 0.3) is 0 Å². The number of alkyl halides is 3. The van der Waals surface area contributed by atoms with Gasteiger partial charge in [0, 0.05) is 37.5 Å². The zero-order valence-electron chi connectivity index (χ0n) is 19.5. The topological polar surface area (TPSA) is 70.1 Å². The molecule has 0 aromatic heterocycles. The molecule has 3 rings (SSSR count). The van der Waals surface area contributed by atoms with Crippen LogP contribution in [0.1, 0.15) is 63.5 Å². The van der Waals surface area contributed by atoms with Crippen LogP contribution in [0.5, 0.6) is 5.75 Å². The average molecular weight is 471 g/mol. The van der Waals surface area contributed by atoms with E-state index in [0.29, 0.717) is 25.1 Å². The number of carbonyl (C=O) groups is 2. The molecular weight excluding hydrogens is 437 g/mol. The first kappa shape index (κ1) is 25.3. The van der Waals surface area contributed by atoms with E-state index in [1.165, 1.54) is 6.07 Å². The van der Waals surface area contributed by atoms with Crippen LogP contribution in [0.2, 0.25) is 0 Å². The Labute approximate surface area is 192 Å². The summed E-state index contributed by atoms with van der Waals surface area (Å²) < 4.78 is 45.3. The van der Waals surface area contributed by atoms with E-state index in [9.17, 15) is 22.8 Å². The smallest absolute Gasteiger partial charge is 0.416 e. The fourth-order valence-corrected chi connectivity index (χ4v) is 4.62. The van der Waals surface area contributed by atoms with E-state index in [4.69, 9.17) is 9.84 Å². The van der Waals surface area contributed by atoms with Gasteiger partial charge in [0.1, 0.15) is 5.75 Å². The number of hydrogen-bond donors (Lipinski definition) is 1. The minimum absolute atomic E-state index is 0.00961. The molecule has 1 aromatic carbocycles. The molecule has 2 fully saturated rings. The Bertz CT molecular complexity index is 866. The summed E-state index contributed by atoms with van der Waals surface area (Å²) in [4.78, 5) is 28.0. The van der Waals surface area contributed by atoms with Crippen LogP contribution in [-0.4, -0.2) is 65.1 Å². The Morgan fingerprint density at radius 3 is 2.45 bits per heavy atom. The minimum Gasteiger partial charge on any atom is -0.493 e. The van der Waals surface area contributed by atoms with Crippen molar-refractivity contribution in [1.82, 2.24) is 9.80 Å². The van der Waals surface area contributed by atoms with Gasteiger partial charge in [-0.1, -0.05) is 6.07 Å². The Morgan fingerprint density at radius 1 is 1.12 bits per heavy atom. The van der Waals surface area contributed by atoms with Crippen molar-refractivity contribution < 1.29 is 32.6 Å². The van der Waals surface area contributed by atoms with Gasteiger partial charge in [0.2, 0.25) is 5.91 Å². The summed E-state index contributed by atoms with van der Waals surface area (Å²) in [5, 5.41) is 8.78. The van der Waals surface area contributed by atoms with Gasteiger partial charge < -0.3 is 14.7 Å². The normalized spacial score (nSPS) is 22.1. The number of amides is 1. The fourth-order valence-electron chi connectivity index (χ4n) is 4.62. The van der Waals surface area contributed by atoms with Gasteiger partial charge in [-0.2, -0.15) is 13.2 Å². The molecule has 2 atom stereocenters. The highest BCUT2D eigenvalue weighted by atomic mass is 19.4. The lowest BCUT2D eigenvalue weighted by Crippen LogP contribution is -2.41. The van der Waals surface area contributed by atoms with E-state index in [0.717, 1.165) is 31.6 Å². The first-order valence-electron chi connectivity index (χ1n) is 11.5. The van der Waals surface area contributed by atoms with E-state index in [2.05, 4.69) is 25.7 Å². The molecule has 1 N–H and O–H groups in total. The van der Waals surface area contributed by atoms with Gasteiger partial charge >= 0.3 is 12.1 Å². The maximum atomic E-state index is 13.2. The standard InChI is InChI=1S/C24H33F3N2O4/c1-23(2,3)29-11-9-17(15-29)22(32)28-10-8-16(14-28)19-7-6-18(24(25,26)27)13-20(19)33-12-4-5-21(30)31/h6-7,13,16-17H,4-5,8-12,14-15H2,1-3H3,(H,30,31)/t16?,17-/m0/s1. The number of nitrogens with zero attached hydrogens (tertiary/aromatic N) is 2. The van der Waals surface area contributed by atoms with E-state index in [1.807, 2.05) is 4.90 Å². The van der Waals surface area contributed by atoms with E-state index in [1.54, 1.807) is 0 Å². The highest BCUT2D eigenvalue weighted by Gasteiger charge is 2.39. The number of carbonyl (C=O) groups excluding carboxylic acids is 1. The molecule has 2 saturated heterocycles. The summed E-state index contributed by atoms with van der Waals surface area (Å²) in [5.41, 5.74) is -0.162. The van der Waals surface area contributed by atoms with Crippen molar-refractivity contribution in [2.45, 2.75) is 64.1 Å². The van der Waals surface area contributed by atoms with Gasteiger partial charge in [-0.15, -0.1) is 0 Å². The molecule has 1 amide bonds. The number of carboxylic acid groups (broad SMARTS) is 1. The van der Waals surface area contributed by atoms with E-state index in [-0.39, 0.29) is 48.5 Å². The molecule has 2 heterocycles. The van der Waals surface area contributed by atoms with Gasteiger partial charge in [-0.3, -0.25) is 14.5 Å². The molecule has 0 radical (unpaired) electrons. The second-order valence-electron chi connectivity index (χ2n) is 9.97. The molecule has 0 bridgehead atoms. The lowest BCUT2D eigenvalue weighted by Gasteiger charge is -2.32. The third-order valence-electron chi connectivity index (χ3n) is 6.56. The van der Waals surface area contributed by atoms with Gasteiger partial charge in [0.05, 0.1) is 18.1 Å². The predicted molar refractivity (Wildman–Crippen MR) is 117 cm³/mol. The number of benzene rings is 1. The largest absolute Gasteiger partial charge is 0.493 e. The highest BCUT2D eigenvalue weighted by Crippen LogP contribution is 2.39. The van der Waals surface area contributed by atoms with Crippen molar-refractivity contribution in [2.75, 3.05) is 32.8 Å². The van der Waals surface area contributed by atoms with Gasteiger partial charge in [-0.05, 0) is 64.3 Å². The van der Waals surface area contributed by atoms with Crippen LogP contribution in [0.4, 0.5) is 13.2 Å². The molecule has 184 valence electrons. The van der Waals surface area contributed by atoms with Gasteiger partial charge in [0.25, 0.3) is 0 Å². The van der Waals surface area contributed by atoms with Gasteiger partial charge in [-0.25, -0.2) is 0 Å². The number of hydrogen-bond acceptors (Lipinski definition) is 4. The molecule has 0 aliphatic carbocycles. The highest BCUT2D eigenvalue weighted by molar-refractivity contribution is 5.80. The summed E-state index contributed by atoms with van der Waals surface area (Å²) in [6.07, 6.45) is -2.95. The number of likely N-dealkylation sites (tertiary alicyclic amines) is 2. The number of aliphatic carboxylic acids is 1. The van der Waals surface area contributed by atoms with Crippen LogP contribution in [0.3, 0.4) is 0 Å². The Balaban J connectivity index is 1.69. The first-order valence-corrected chi connectivity index (χ1v) is 11.5. The number of ether oxygens (including phenoxy) is 1. The van der Waals surface area contributed by atoms with Crippen LogP contribution >= 0.6 is 0 Å². The lowest BCUT2D eigenvalue weighted by atomic mass is 9.96. The molecule has 2 aliphatic rings. The summed E-state index contributed by atoms with van der Waals surface area (Å²) in [6, 6.07) is 3.46. The quantitative estimate of drug-likeness (QED) is 0.599. The van der Waals surface area contributed by atoms with Crippen molar-refractivity contribution >= 4 is 11.9 Å². The van der Waals surface area contributed by atoms with Crippen molar-refractivity contribution in [3.63, 3.8) is 0 Å². The molecule has 9 heteroatoms.